The number of fused-ring (bicyclic) bond motifs is 1. The third-order valence-corrected chi connectivity index (χ3v) is 9.71. The number of amides is 3. The molecule has 224 valence electrons. The first kappa shape index (κ1) is 29.6. The van der Waals surface area contributed by atoms with Gasteiger partial charge in [0, 0.05) is 10.5 Å². The Bertz CT molecular complexity index is 1520. The van der Waals surface area contributed by atoms with Crippen LogP contribution in [0.2, 0.25) is 5.02 Å². The fourth-order valence-corrected chi connectivity index (χ4v) is 7.95. The zero-order valence-corrected chi connectivity index (χ0v) is 25.6. The first-order valence-corrected chi connectivity index (χ1v) is 15.5. The SMILES string of the molecule is CCOc1ccc(NC(=O)[C@H]2[C@H]3C(=O)N([C@H](CO)c4ccccc4)C(C(=O)Nc4ccccc4Cl)C34CC(Br)[C@@H]2O4)cc1. The van der Waals surface area contributed by atoms with Crippen LogP contribution in [0.1, 0.15) is 24.9 Å². The maximum atomic E-state index is 14.5. The zero-order chi connectivity index (χ0) is 30.3. The lowest BCUT2D eigenvalue weighted by Crippen LogP contribution is -2.55. The second-order valence-corrected chi connectivity index (χ2v) is 12.5. The van der Waals surface area contributed by atoms with Gasteiger partial charge in [-0.3, -0.25) is 14.4 Å². The molecule has 9 nitrogen and oxygen atoms in total. The normalized spacial score (nSPS) is 28.0. The third kappa shape index (κ3) is 5.10. The number of nitrogens with zero attached hydrogens (tertiary/aromatic N) is 1. The Balaban J connectivity index is 1.39. The number of ether oxygens (including phenoxy) is 2. The van der Waals surface area contributed by atoms with Crippen LogP contribution in [0.3, 0.4) is 0 Å². The van der Waals surface area contributed by atoms with Crippen LogP contribution in [0.5, 0.6) is 5.75 Å². The molecule has 0 radical (unpaired) electrons. The van der Waals surface area contributed by atoms with E-state index in [2.05, 4.69) is 26.6 Å². The van der Waals surface area contributed by atoms with Crippen LogP contribution in [0.15, 0.2) is 78.9 Å². The standard InChI is InChI=1S/C32H31BrClN3O6/c1-2-42-20-14-12-19(13-15-20)35-29(39)25-26-31(41)37(24(17-38)18-8-4-3-5-9-18)28(32(26)16-21(33)27(25)43-32)30(40)36-23-11-7-6-10-22(23)34/h3-15,21,24-28,38H,2,16-17H2,1H3,(H,35,39)(H,36,40)/t21?,24-,25+,26+,27+,28?,32?/m1/s1. The minimum atomic E-state index is -1.32. The summed E-state index contributed by atoms with van der Waals surface area (Å²) in [6, 6.07) is 20.9. The Hall–Kier alpha value is -3.44. The van der Waals surface area contributed by atoms with Gasteiger partial charge in [0.1, 0.15) is 17.4 Å². The van der Waals surface area contributed by atoms with Crippen LogP contribution in [-0.4, -0.2) is 63.5 Å². The van der Waals surface area contributed by atoms with Crippen LogP contribution in [0.4, 0.5) is 11.4 Å². The molecule has 0 aliphatic carbocycles. The lowest BCUT2D eigenvalue weighted by Gasteiger charge is -2.37. The highest BCUT2D eigenvalue weighted by atomic mass is 79.9. The second kappa shape index (κ2) is 11.9. The van der Waals surface area contributed by atoms with Crippen molar-refractivity contribution in [2.75, 3.05) is 23.8 Å². The summed E-state index contributed by atoms with van der Waals surface area (Å²) >= 11 is 10.1. The molecule has 3 aromatic carbocycles. The number of carbonyl (C=O) groups excluding carboxylic acids is 3. The lowest BCUT2D eigenvalue weighted by atomic mass is 9.70. The van der Waals surface area contributed by atoms with E-state index in [4.69, 9.17) is 21.1 Å². The number of alkyl halides is 1. The number of likely N-dealkylation sites (tertiary alicyclic amines) is 1. The summed E-state index contributed by atoms with van der Waals surface area (Å²) < 4.78 is 12.1. The highest BCUT2D eigenvalue weighted by molar-refractivity contribution is 9.09. The monoisotopic (exact) mass is 667 g/mol. The van der Waals surface area contributed by atoms with Crippen molar-refractivity contribution in [1.29, 1.82) is 0 Å². The van der Waals surface area contributed by atoms with Crippen LogP contribution >= 0.6 is 27.5 Å². The molecule has 7 atom stereocenters. The van der Waals surface area contributed by atoms with Gasteiger partial charge in [0.2, 0.25) is 17.7 Å². The summed E-state index contributed by atoms with van der Waals surface area (Å²) in [6.45, 7) is 1.98. The fraction of sp³-hybridized carbons (Fsp3) is 0.344. The molecule has 2 bridgehead atoms. The summed E-state index contributed by atoms with van der Waals surface area (Å²) in [7, 11) is 0. The summed E-state index contributed by atoms with van der Waals surface area (Å²) in [5.41, 5.74) is 0.272. The van der Waals surface area contributed by atoms with Gasteiger partial charge in [-0.1, -0.05) is 70.0 Å². The molecule has 3 aliphatic rings. The van der Waals surface area contributed by atoms with E-state index >= 15 is 0 Å². The number of rotatable bonds is 9. The smallest absolute Gasteiger partial charge is 0.250 e. The fourth-order valence-electron chi connectivity index (χ4n) is 6.82. The minimum absolute atomic E-state index is 0.285. The van der Waals surface area contributed by atoms with Crippen LogP contribution in [0, 0.1) is 11.8 Å². The highest BCUT2D eigenvalue weighted by Gasteiger charge is 2.77. The molecule has 0 aromatic heterocycles. The van der Waals surface area contributed by atoms with E-state index in [1.165, 1.54) is 4.90 Å². The van der Waals surface area contributed by atoms with Crippen molar-refractivity contribution in [3.63, 3.8) is 0 Å². The van der Waals surface area contributed by atoms with Crippen molar-refractivity contribution in [1.82, 2.24) is 4.90 Å². The van der Waals surface area contributed by atoms with Gasteiger partial charge in [-0.15, -0.1) is 0 Å². The number of carbonyl (C=O) groups is 3. The molecule has 3 saturated heterocycles. The molecule has 3 fully saturated rings. The van der Waals surface area contributed by atoms with Crippen molar-refractivity contribution < 1.29 is 29.0 Å². The molecular formula is C32H31BrClN3O6. The summed E-state index contributed by atoms with van der Waals surface area (Å²) in [5, 5.41) is 16.8. The highest BCUT2D eigenvalue weighted by Crippen LogP contribution is 2.61. The molecule has 6 rings (SSSR count). The molecule has 43 heavy (non-hydrogen) atoms. The Morgan fingerprint density at radius 3 is 2.44 bits per heavy atom. The van der Waals surface area contributed by atoms with Crippen molar-refractivity contribution in [2.24, 2.45) is 11.8 Å². The number of nitrogens with one attached hydrogen (secondary N) is 2. The number of aliphatic hydroxyl groups is 1. The quantitative estimate of drug-likeness (QED) is 0.282. The second-order valence-electron chi connectivity index (χ2n) is 10.9. The van der Waals surface area contributed by atoms with E-state index in [-0.39, 0.29) is 10.7 Å². The Morgan fingerprint density at radius 2 is 1.77 bits per heavy atom. The minimum Gasteiger partial charge on any atom is -0.494 e. The van der Waals surface area contributed by atoms with E-state index < -0.39 is 54.0 Å². The lowest BCUT2D eigenvalue weighted by molar-refractivity contribution is -0.143. The van der Waals surface area contributed by atoms with Gasteiger partial charge in [-0.25, -0.2) is 0 Å². The Morgan fingerprint density at radius 1 is 1.07 bits per heavy atom. The Kier molecular flexibility index (Phi) is 8.21. The first-order valence-electron chi connectivity index (χ1n) is 14.2. The van der Waals surface area contributed by atoms with Crippen molar-refractivity contribution >= 4 is 56.6 Å². The van der Waals surface area contributed by atoms with Gasteiger partial charge in [-0.05, 0) is 55.3 Å². The number of aliphatic hydroxyl groups excluding tert-OH is 1. The average molecular weight is 669 g/mol. The maximum Gasteiger partial charge on any atom is 0.250 e. The molecule has 3 heterocycles. The van der Waals surface area contributed by atoms with Gasteiger partial charge in [-0.2, -0.15) is 0 Å². The number of para-hydroxylation sites is 1. The van der Waals surface area contributed by atoms with E-state index in [1.807, 2.05) is 13.0 Å². The van der Waals surface area contributed by atoms with E-state index in [1.54, 1.807) is 72.8 Å². The van der Waals surface area contributed by atoms with Crippen LogP contribution in [0.25, 0.3) is 0 Å². The summed E-state index contributed by atoms with van der Waals surface area (Å²) in [6.07, 6.45) is -0.316. The van der Waals surface area contributed by atoms with E-state index in [9.17, 15) is 19.5 Å². The third-order valence-electron chi connectivity index (χ3n) is 8.54. The summed E-state index contributed by atoms with van der Waals surface area (Å²) in [4.78, 5) is 43.7. The zero-order valence-electron chi connectivity index (χ0n) is 23.3. The van der Waals surface area contributed by atoms with Crippen molar-refractivity contribution in [2.45, 2.75) is 42.0 Å². The van der Waals surface area contributed by atoms with E-state index in [0.29, 0.717) is 40.7 Å². The maximum absolute atomic E-state index is 14.5. The largest absolute Gasteiger partial charge is 0.494 e. The summed E-state index contributed by atoms with van der Waals surface area (Å²) in [5.74, 6) is -2.47. The molecule has 11 heteroatoms. The van der Waals surface area contributed by atoms with Crippen molar-refractivity contribution in [3.05, 3.63) is 89.4 Å². The molecular weight excluding hydrogens is 638 g/mol. The predicted octanol–water partition coefficient (Wildman–Crippen LogP) is 4.80. The van der Waals surface area contributed by atoms with Gasteiger partial charge in [0.15, 0.2) is 0 Å². The number of hydrogen-bond donors (Lipinski definition) is 3. The average Bonchev–Trinajstić information content (AvgIpc) is 3.60. The van der Waals surface area contributed by atoms with Gasteiger partial charge < -0.3 is 30.1 Å². The predicted molar refractivity (Wildman–Crippen MR) is 165 cm³/mol. The van der Waals surface area contributed by atoms with Gasteiger partial charge in [0.25, 0.3) is 0 Å². The van der Waals surface area contributed by atoms with Crippen molar-refractivity contribution in [3.8, 4) is 5.75 Å². The van der Waals surface area contributed by atoms with Crippen LogP contribution < -0.4 is 15.4 Å². The molecule has 3 N–H and O–H groups in total. The number of hydrogen-bond acceptors (Lipinski definition) is 6. The Labute approximate surface area is 262 Å². The molecule has 3 aliphatic heterocycles. The van der Waals surface area contributed by atoms with Crippen LogP contribution in [-0.2, 0) is 19.1 Å². The van der Waals surface area contributed by atoms with Gasteiger partial charge >= 0.3 is 0 Å². The number of benzene rings is 3. The number of halogens is 2. The van der Waals surface area contributed by atoms with E-state index in [0.717, 1.165) is 0 Å². The molecule has 3 amide bonds. The first-order chi connectivity index (χ1) is 20.8. The topological polar surface area (TPSA) is 117 Å². The van der Waals surface area contributed by atoms with Gasteiger partial charge in [0.05, 0.1) is 47.9 Å². The molecule has 0 saturated carbocycles. The number of anilines is 2. The molecule has 3 unspecified atom stereocenters. The molecule has 1 spiro atoms. The molecule has 3 aromatic rings.